The van der Waals surface area contributed by atoms with Crippen molar-refractivity contribution in [2.24, 2.45) is 0 Å². The number of carbonyl (C=O) groups excluding carboxylic acids is 1. The highest BCUT2D eigenvalue weighted by molar-refractivity contribution is 5.80. The van der Waals surface area contributed by atoms with Crippen molar-refractivity contribution in [3.8, 4) is 0 Å². The molecule has 0 unspecified atom stereocenters. The van der Waals surface area contributed by atoms with E-state index >= 15 is 0 Å². The Morgan fingerprint density at radius 3 is 2.43 bits per heavy atom. The first-order valence-corrected chi connectivity index (χ1v) is 7.30. The molecule has 0 fully saturated rings. The number of nitrogens with one attached hydrogen (secondary N) is 1. The zero-order valence-corrected chi connectivity index (χ0v) is 12.9. The van der Waals surface area contributed by atoms with Gasteiger partial charge in [0.25, 0.3) is 0 Å². The van der Waals surface area contributed by atoms with Gasteiger partial charge in [0.05, 0.1) is 0 Å². The van der Waals surface area contributed by atoms with Gasteiger partial charge in [-0.15, -0.1) is 0 Å². The number of carbonyl (C=O) groups is 2. The second kappa shape index (κ2) is 7.98. The van der Waals surface area contributed by atoms with Crippen LogP contribution in [0.4, 0.5) is 4.79 Å². The maximum Gasteiger partial charge on any atom is 0.408 e. The number of aryl methyl sites for hydroxylation is 1. The Hall–Kier alpha value is -2.82. The third-order valence-corrected chi connectivity index (χ3v) is 3.33. The first-order chi connectivity index (χ1) is 11.0. The summed E-state index contributed by atoms with van der Waals surface area (Å²) in [5.74, 6) is -1.09. The van der Waals surface area contributed by atoms with E-state index in [1.165, 1.54) is 0 Å². The Labute approximate surface area is 134 Å². The van der Waals surface area contributed by atoms with Gasteiger partial charge >= 0.3 is 12.1 Å². The monoisotopic (exact) mass is 313 g/mol. The van der Waals surface area contributed by atoms with Crippen LogP contribution < -0.4 is 5.32 Å². The van der Waals surface area contributed by atoms with Crippen LogP contribution in [-0.2, 0) is 22.6 Å². The fourth-order valence-electron chi connectivity index (χ4n) is 2.18. The highest BCUT2D eigenvalue weighted by atomic mass is 16.5. The zero-order valence-electron chi connectivity index (χ0n) is 12.9. The first kappa shape index (κ1) is 16.5. The van der Waals surface area contributed by atoms with Gasteiger partial charge in [-0.3, -0.25) is 0 Å². The summed E-state index contributed by atoms with van der Waals surface area (Å²) >= 11 is 0. The van der Waals surface area contributed by atoms with E-state index in [1.54, 1.807) is 0 Å². The molecule has 0 aromatic heterocycles. The fraction of sp³-hybridized carbons (Fsp3) is 0.222. The minimum Gasteiger partial charge on any atom is -0.480 e. The Morgan fingerprint density at radius 2 is 1.78 bits per heavy atom. The van der Waals surface area contributed by atoms with Crippen LogP contribution in [0.1, 0.15) is 16.7 Å². The van der Waals surface area contributed by atoms with E-state index in [-0.39, 0.29) is 13.0 Å². The van der Waals surface area contributed by atoms with Gasteiger partial charge in [0.2, 0.25) is 0 Å². The number of hydrogen-bond acceptors (Lipinski definition) is 3. The lowest BCUT2D eigenvalue weighted by atomic mass is 10.0. The number of amides is 1. The summed E-state index contributed by atoms with van der Waals surface area (Å²) in [7, 11) is 0. The van der Waals surface area contributed by atoms with Gasteiger partial charge in [-0.2, -0.15) is 0 Å². The Kier molecular flexibility index (Phi) is 5.74. The Morgan fingerprint density at radius 1 is 1.09 bits per heavy atom. The van der Waals surface area contributed by atoms with Crippen molar-refractivity contribution in [1.82, 2.24) is 5.32 Å². The van der Waals surface area contributed by atoms with Crippen molar-refractivity contribution in [2.75, 3.05) is 0 Å². The number of hydrogen-bond donors (Lipinski definition) is 2. The number of aliphatic carboxylic acids is 1. The van der Waals surface area contributed by atoms with Crippen molar-refractivity contribution in [3.63, 3.8) is 0 Å². The highest BCUT2D eigenvalue weighted by Crippen LogP contribution is 2.08. The lowest BCUT2D eigenvalue weighted by molar-refractivity contribution is -0.139. The smallest absolute Gasteiger partial charge is 0.408 e. The van der Waals surface area contributed by atoms with Gasteiger partial charge in [0.15, 0.2) is 0 Å². The molecule has 1 atom stereocenters. The van der Waals surface area contributed by atoms with Crippen LogP contribution in [0, 0.1) is 6.92 Å². The quantitative estimate of drug-likeness (QED) is 0.860. The topological polar surface area (TPSA) is 75.6 Å². The van der Waals surface area contributed by atoms with Gasteiger partial charge in [-0.05, 0) is 18.1 Å². The van der Waals surface area contributed by atoms with E-state index in [4.69, 9.17) is 4.74 Å². The summed E-state index contributed by atoms with van der Waals surface area (Å²) in [6.07, 6.45) is -0.536. The summed E-state index contributed by atoms with van der Waals surface area (Å²) < 4.78 is 5.06. The van der Waals surface area contributed by atoms with E-state index in [2.05, 4.69) is 5.32 Å². The highest BCUT2D eigenvalue weighted by Gasteiger charge is 2.21. The number of carboxylic acid groups (broad SMARTS) is 1. The molecule has 0 saturated heterocycles. The van der Waals surface area contributed by atoms with E-state index < -0.39 is 18.1 Å². The minimum absolute atomic E-state index is 0.101. The summed E-state index contributed by atoms with van der Waals surface area (Å²) in [4.78, 5) is 23.1. The van der Waals surface area contributed by atoms with E-state index in [0.717, 1.165) is 16.7 Å². The van der Waals surface area contributed by atoms with Crippen molar-refractivity contribution in [3.05, 3.63) is 71.3 Å². The number of ether oxygens (including phenoxy) is 1. The molecule has 2 aromatic rings. The average molecular weight is 313 g/mol. The molecule has 0 aliphatic carbocycles. The normalized spacial score (nSPS) is 11.5. The summed E-state index contributed by atoms with van der Waals surface area (Å²) in [6.45, 7) is 2.03. The number of alkyl carbamates (subject to hydrolysis) is 1. The van der Waals surface area contributed by atoms with Crippen LogP contribution in [-0.4, -0.2) is 23.2 Å². The number of carboxylic acids is 1. The second-order valence-corrected chi connectivity index (χ2v) is 5.29. The standard InChI is InChI=1S/C18H19NO4/c1-13-6-5-9-15(10-13)11-16(17(20)21)19-18(22)23-12-14-7-3-2-4-8-14/h2-10,16H,11-12H2,1H3,(H,19,22)(H,20,21)/t16-/m0/s1. The Balaban J connectivity index is 1.91. The molecule has 2 aromatic carbocycles. The maximum atomic E-state index is 11.8. The second-order valence-electron chi connectivity index (χ2n) is 5.29. The number of rotatable bonds is 6. The molecule has 2 N–H and O–H groups in total. The van der Waals surface area contributed by atoms with E-state index in [1.807, 2.05) is 61.5 Å². The maximum absolute atomic E-state index is 11.8. The lowest BCUT2D eigenvalue weighted by Gasteiger charge is -2.15. The average Bonchev–Trinajstić information content (AvgIpc) is 2.53. The molecule has 5 heteroatoms. The summed E-state index contributed by atoms with van der Waals surface area (Å²) in [5, 5.41) is 11.7. The van der Waals surface area contributed by atoms with E-state index in [0.29, 0.717) is 0 Å². The molecule has 1 amide bonds. The van der Waals surface area contributed by atoms with Gasteiger partial charge in [-0.1, -0.05) is 60.2 Å². The van der Waals surface area contributed by atoms with Crippen LogP contribution >= 0.6 is 0 Å². The lowest BCUT2D eigenvalue weighted by Crippen LogP contribution is -2.42. The van der Waals surface area contributed by atoms with Crippen molar-refractivity contribution in [2.45, 2.75) is 26.0 Å². The van der Waals surface area contributed by atoms with Crippen molar-refractivity contribution >= 4 is 12.1 Å². The first-order valence-electron chi connectivity index (χ1n) is 7.30. The molecule has 120 valence electrons. The molecule has 0 radical (unpaired) electrons. The molecule has 23 heavy (non-hydrogen) atoms. The Bertz CT molecular complexity index is 670. The fourth-order valence-corrected chi connectivity index (χ4v) is 2.18. The van der Waals surface area contributed by atoms with Gasteiger partial charge in [0, 0.05) is 6.42 Å². The molecule has 0 spiro atoms. The minimum atomic E-state index is -1.09. The SMILES string of the molecule is Cc1cccc(C[C@H](NC(=O)OCc2ccccc2)C(=O)O)c1. The third kappa shape index (κ3) is 5.47. The van der Waals surface area contributed by atoms with Crippen LogP contribution in [0.2, 0.25) is 0 Å². The molecular weight excluding hydrogens is 294 g/mol. The summed E-state index contributed by atoms with van der Waals surface area (Å²) in [6, 6.07) is 15.7. The molecular formula is C18H19NO4. The van der Waals surface area contributed by atoms with Gasteiger partial charge < -0.3 is 15.2 Å². The van der Waals surface area contributed by atoms with Gasteiger partial charge in [-0.25, -0.2) is 9.59 Å². The number of benzene rings is 2. The van der Waals surface area contributed by atoms with Crippen LogP contribution in [0.15, 0.2) is 54.6 Å². The van der Waals surface area contributed by atoms with Gasteiger partial charge in [0.1, 0.15) is 12.6 Å². The molecule has 0 saturated carbocycles. The molecule has 0 heterocycles. The molecule has 0 aliphatic rings. The third-order valence-electron chi connectivity index (χ3n) is 3.33. The van der Waals surface area contributed by atoms with Crippen LogP contribution in [0.25, 0.3) is 0 Å². The van der Waals surface area contributed by atoms with E-state index in [9.17, 15) is 14.7 Å². The van der Waals surface area contributed by atoms with Crippen LogP contribution in [0.3, 0.4) is 0 Å². The summed E-state index contributed by atoms with van der Waals surface area (Å²) in [5.41, 5.74) is 2.73. The zero-order chi connectivity index (χ0) is 16.7. The van der Waals surface area contributed by atoms with Crippen molar-refractivity contribution < 1.29 is 19.4 Å². The molecule has 5 nitrogen and oxygen atoms in total. The largest absolute Gasteiger partial charge is 0.480 e. The predicted octanol–water partition coefficient (Wildman–Crippen LogP) is 2.92. The molecule has 0 bridgehead atoms. The molecule has 0 aliphatic heterocycles. The van der Waals surface area contributed by atoms with Crippen molar-refractivity contribution in [1.29, 1.82) is 0 Å². The van der Waals surface area contributed by atoms with Crippen LogP contribution in [0.5, 0.6) is 0 Å². The predicted molar refractivity (Wildman–Crippen MR) is 86.1 cm³/mol. The molecule has 2 rings (SSSR count).